The minimum absolute atomic E-state index is 0. The molecule has 5 nitrogen and oxygen atoms in total. The molecule has 4 aromatic heterocycles. The van der Waals surface area contributed by atoms with E-state index in [9.17, 15) is 9.90 Å². The Morgan fingerprint density at radius 1 is 0.938 bits per heavy atom. The molecule has 0 unspecified atom stereocenters. The van der Waals surface area contributed by atoms with Gasteiger partial charge in [0.25, 0.3) is 0 Å². The van der Waals surface area contributed by atoms with Crippen LogP contribution in [0, 0.1) is 23.8 Å². The molecule has 0 atom stereocenters. The maximum absolute atomic E-state index is 12.2. The number of hydrogen-bond acceptors (Lipinski definition) is 7. The van der Waals surface area contributed by atoms with E-state index in [1.54, 1.807) is 29.0 Å². The van der Waals surface area contributed by atoms with Crippen LogP contribution in [0.15, 0.2) is 57.6 Å². The molecule has 0 aliphatic carbocycles. The average Bonchev–Trinajstić information content (AvgIpc) is 3.78. The molecule has 0 bridgehead atoms. The van der Waals surface area contributed by atoms with E-state index in [-0.39, 0.29) is 47.9 Å². The van der Waals surface area contributed by atoms with Crippen LogP contribution in [0.3, 0.4) is 0 Å². The number of carbonyl (C=O) groups is 1. The molecule has 257 valence electrons. The Morgan fingerprint density at radius 2 is 1.60 bits per heavy atom. The first-order valence-electron chi connectivity index (χ1n) is 16.6. The Balaban J connectivity index is 0.000000251. The third-order valence-electron chi connectivity index (χ3n) is 10.3. The van der Waals surface area contributed by atoms with Gasteiger partial charge in [0, 0.05) is 58.2 Å². The van der Waals surface area contributed by atoms with Gasteiger partial charge in [-0.15, -0.1) is 34.9 Å². The van der Waals surface area contributed by atoms with Gasteiger partial charge >= 0.3 is 0 Å². The summed E-state index contributed by atoms with van der Waals surface area (Å²) < 4.78 is 8.67. The normalized spacial score (nSPS) is 12.8. The van der Waals surface area contributed by atoms with E-state index in [1.165, 1.54) is 32.0 Å². The molecule has 0 spiro atoms. The number of thiophene rings is 2. The minimum Gasteiger partial charge on any atom is -0.512 e. The van der Waals surface area contributed by atoms with Crippen LogP contribution in [-0.4, -0.2) is 20.9 Å². The number of aryl methyl sites for hydroxylation is 1. The number of fused-ring (bicyclic) bond motifs is 5. The molecule has 2 aromatic carbocycles. The first-order valence-corrected chi connectivity index (χ1v) is 18.4. The Hall–Kier alpha value is -2.90. The van der Waals surface area contributed by atoms with Crippen molar-refractivity contribution in [2.45, 2.75) is 100 Å². The maximum Gasteiger partial charge on any atom is 0.223 e. The van der Waals surface area contributed by atoms with Crippen molar-refractivity contribution >= 4 is 70.7 Å². The third kappa shape index (κ3) is 7.05. The zero-order chi connectivity index (χ0) is 34.3. The topological polar surface area (TPSA) is 76.2 Å². The Bertz CT molecular complexity index is 2100. The molecule has 1 N–H and O–H groups in total. The molecule has 0 fully saturated rings. The van der Waals surface area contributed by atoms with E-state index in [0.29, 0.717) is 5.71 Å². The van der Waals surface area contributed by atoms with E-state index >= 15 is 0 Å². The predicted octanol–water partition coefficient (Wildman–Crippen LogP) is 12.5. The molecule has 1 radical (unpaired) electrons. The minimum atomic E-state index is -0.337. The van der Waals surface area contributed by atoms with E-state index in [1.807, 2.05) is 41.5 Å². The number of ketones is 1. The number of nitrogens with zero attached hydrogens (tertiary/aromatic N) is 2. The summed E-state index contributed by atoms with van der Waals surface area (Å²) in [5.74, 6) is 0.286. The number of rotatable bonds is 8. The van der Waals surface area contributed by atoms with Crippen molar-refractivity contribution in [2.75, 3.05) is 0 Å². The molecule has 0 aliphatic heterocycles. The van der Waals surface area contributed by atoms with Gasteiger partial charge in [-0.1, -0.05) is 73.4 Å². The summed E-state index contributed by atoms with van der Waals surface area (Å²) in [7, 11) is 0. The van der Waals surface area contributed by atoms with E-state index < -0.39 is 0 Å². The Labute approximate surface area is 306 Å². The number of carbonyl (C=O) groups excluding carboxylic acids is 1. The van der Waals surface area contributed by atoms with Gasteiger partial charge < -0.3 is 9.52 Å². The van der Waals surface area contributed by atoms with Crippen molar-refractivity contribution in [3.8, 4) is 11.3 Å². The second-order valence-electron chi connectivity index (χ2n) is 14.2. The van der Waals surface area contributed by atoms with E-state index in [4.69, 9.17) is 9.40 Å². The second-order valence-corrected chi connectivity index (χ2v) is 16.0. The predicted molar refractivity (Wildman–Crippen MR) is 201 cm³/mol. The molecular weight excluding hydrogens is 813 g/mol. The molecule has 0 amide bonds. The molecule has 0 saturated carbocycles. The van der Waals surface area contributed by atoms with Crippen LogP contribution in [0.2, 0.25) is 0 Å². The van der Waals surface area contributed by atoms with Gasteiger partial charge in [0.05, 0.1) is 0 Å². The number of aromatic nitrogens is 2. The zero-order valence-corrected chi connectivity index (χ0v) is 33.8. The van der Waals surface area contributed by atoms with Gasteiger partial charge in [-0.3, -0.25) is 9.78 Å². The van der Waals surface area contributed by atoms with Gasteiger partial charge in [-0.25, -0.2) is 4.98 Å². The Morgan fingerprint density at radius 3 is 2.23 bits per heavy atom. The van der Waals surface area contributed by atoms with Crippen LogP contribution in [0.25, 0.3) is 53.5 Å². The number of furan rings is 1. The smallest absolute Gasteiger partial charge is 0.223 e. The summed E-state index contributed by atoms with van der Waals surface area (Å²) in [4.78, 5) is 21.3. The van der Waals surface area contributed by atoms with E-state index in [0.717, 1.165) is 58.7 Å². The summed E-state index contributed by atoms with van der Waals surface area (Å²) in [6.45, 7) is 21.0. The fourth-order valence-electron chi connectivity index (χ4n) is 5.84. The summed E-state index contributed by atoms with van der Waals surface area (Å²) >= 11 is 3.52. The fourth-order valence-corrected chi connectivity index (χ4v) is 7.87. The Kier molecular flexibility index (Phi) is 11.5. The summed E-state index contributed by atoms with van der Waals surface area (Å²) in [5, 5.41) is 18.9. The van der Waals surface area contributed by atoms with Gasteiger partial charge in [0.15, 0.2) is 5.78 Å². The van der Waals surface area contributed by atoms with Gasteiger partial charge in [0.1, 0.15) is 17.7 Å². The van der Waals surface area contributed by atoms with Gasteiger partial charge in [-0.2, -0.15) is 11.3 Å². The van der Waals surface area contributed by atoms with Crippen LogP contribution in [0.4, 0.5) is 0 Å². The SMILES string of the molecule is CCC(C)(CC)C(=O)/C=C(\O)C(C)(CC)CC.Cc1csc2cc3oc4ncnc(-c5[c-]c6ccsc6c(C(C)(C)C)c5)c4c3cc12.[Ir]. The molecule has 4 heterocycles. The maximum atomic E-state index is 12.2. The van der Waals surface area contributed by atoms with Crippen molar-refractivity contribution in [1.82, 2.24) is 9.97 Å². The molecule has 0 aliphatic rings. The molecule has 6 rings (SSSR count). The summed E-state index contributed by atoms with van der Waals surface area (Å²) in [6.07, 6.45) is 6.35. The van der Waals surface area contributed by atoms with E-state index in [2.05, 4.69) is 73.8 Å². The largest absolute Gasteiger partial charge is 0.512 e. The molecule has 8 heteroatoms. The van der Waals surface area contributed by atoms with Gasteiger partial charge in [-0.05, 0) is 76.6 Å². The van der Waals surface area contributed by atoms with Crippen molar-refractivity contribution in [1.29, 1.82) is 0 Å². The van der Waals surface area contributed by atoms with Crippen LogP contribution in [0.5, 0.6) is 0 Å². The second kappa shape index (κ2) is 14.5. The number of benzene rings is 2. The fraction of sp³-hybridized carbons (Fsp3) is 0.425. The molecule has 48 heavy (non-hydrogen) atoms. The monoisotopic (exact) mass is 860 g/mol. The average molecular weight is 860 g/mol. The number of aliphatic hydroxyl groups is 1. The zero-order valence-electron chi connectivity index (χ0n) is 29.8. The van der Waals surface area contributed by atoms with Gasteiger partial charge in [0.2, 0.25) is 5.71 Å². The summed E-state index contributed by atoms with van der Waals surface area (Å²) in [6, 6.07) is 12.3. The number of hydrogen-bond donors (Lipinski definition) is 1. The summed E-state index contributed by atoms with van der Waals surface area (Å²) in [5.41, 5.74) is 5.37. The molecule has 0 saturated heterocycles. The van der Waals surface area contributed by atoms with Crippen LogP contribution < -0.4 is 0 Å². The molecule has 6 aromatic rings. The number of allylic oxidation sites excluding steroid dienone is 2. The van der Waals surface area contributed by atoms with Crippen LogP contribution >= 0.6 is 22.7 Å². The van der Waals surface area contributed by atoms with Crippen LogP contribution in [0.1, 0.15) is 99.1 Å². The van der Waals surface area contributed by atoms with Crippen molar-refractivity contribution in [2.24, 2.45) is 10.8 Å². The van der Waals surface area contributed by atoms with Crippen molar-refractivity contribution in [3.05, 3.63) is 70.4 Å². The number of aliphatic hydroxyl groups excluding tert-OH is 1. The first kappa shape index (κ1) is 37.9. The quantitative estimate of drug-likeness (QED) is 0.0937. The molecular formula is C40H47IrN2O3S2-. The first-order chi connectivity index (χ1) is 22.2. The van der Waals surface area contributed by atoms with Crippen LogP contribution in [-0.2, 0) is 30.3 Å². The van der Waals surface area contributed by atoms with Crippen molar-refractivity contribution < 1.29 is 34.4 Å². The van der Waals surface area contributed by atoms with Crippen molar-refractivity contribution in [3.63, 3.8) is 0 Å². The standard InChI is InChI=1S/C25H19N2OS2.C15H28O2.Ir/c1-13-11-30-20-10-19-17(9-16(13)20)21-22(26-12-27-24(21)28-19)15-7-14-5-6-29-23(14)18(8-15)25(2,3)4;1-7-14(5,8-2)12(16)11-13(17)15(6,9-3)10-4;/h5-6,8-12H,1-4H3;11,16H,7-10H2,1-6H3;/q-1;;/b;12-11-;. The third-order valence-corrected chi connectivity index (χ3v) is 12.3.